The minimum atomic E-state index is -2.67. The molecule has 0 radical (unpaired) electrons. The Morgan fingerprint density at radius 1 is 0.493 bits per heavy atom. The lowest BCUT2D eigenvalue weighted by Crippen LogP contribution is -2.25. The normalized spacial score (nSPS) is 14.8. The van der Waals surface area contributed by atoms with Crippen LogP contribution < -0.4 is 14.5 Å². The maximum atomic E-state index is 9.24. The minimum Gasteiger partial charge on any atom is -0.457 e. The number of pyridine rings is 1. The van der Waals surface area contributed by atoms with Gasteiger partial charge in [-0.25, -0.2) is 4.98 Å². The van der Waals surface area contributed by atoms with Gasteiger partial charge in [-0.3, -0.25) is 4.57 Å². The van der Waals surface area contributed by atoms with Crippen molar-refractivity contribution in [3.63, 3.8) is 0 Å². The summed E-state index contributed by atoms with van der Waals surface area (Å²) in [4.78, 5) is 9.22. The molecule has 0 N–H and O–H groups in total. The van der Waals surface area contributed by atoms with Crippen LogP contribution in [0.5, 0.6) is 11.5 Å². The van der Waals surface area contributed by atoms with E-state index in [4.69, 9.17) is 9.72 Å². The first kappa shape index (κ1) is 36.7. The fourth-order valence-corrected chi connectivity index (χ4v) is 11.1. The highest BCUT2D eigenvalue weighted by atomic mass is 16.5. The molecule has 71 heavy (non-hydrogen) atoms. The fraction of sp³-hybridized carbons (Fsp3) is 0.172. The quantitative estimate of drug-likeness (QED) is 0.167. The van der Waals surface area contributed by atoms with Crippen molar-refractivity contribution in [1.29, 1.82) is 0 Å². The Hall–Kier alpha value is -8.29. The third-order valence-corrected chi connectivity index (χ3v) is 14.6. The first-order chi connectivity index (χ1) is 36.8. The van der Waals surface area contributed by atoms with Crippen molar-refractivity contribution < 1.29 is 13.0 Å². The van der Waals surface area contributed by atoms with Crippen LogP contribution in [0.2, 0.25) is 0 Å². The van der Waals surface area contributed by atoms with Gasteiger partial charge in [0.05, 0.1) is 39.1 Å². The molecule has 7 heteroatoms. The summed E-state index contributed by atoms with van der Waals surface area (Å²) in [7, 11) is 0. The number of benzene rings is 8. The highest BCUT2D eigenvalue weighted by Crippen LogP contribution is 2.54. The lowest BCUT2D eigenvalue weighted by molar-refractivity contribution is 0.483. The van der Waals surface area contributed by atoms with E-state index in [1.165, 1.54) is 20.3 Å². The summed E-state index contributed by atoms with van der Waals surface area (Å²) in [5, 5.41) is 5.21. The molecule has 4 aromatic heterocycles. The summed E-state index contributed by atoms with van der Waals surface area (Å²) in [6.45, 7) is 8.24. The summed E-state index contributed by atoms with van der Waals surface area (Å²) in [5.74, 6) is 2.11. The topological polar surface area (TPSA) is 43.4 Å². The molecule has 0 saturated heterocycles. The number of nitrogens with zero attached hydrogens (tertiary/aromatic N) is 6. The zero-order valence-electron chi connectivity index (χ0n) is 46.6. The van der Waals surface area contributed by atoms with E-state index < -0.39 is 14.0 Å². The number of fused-ring (bicyclic) bond motifs is 10. The van der Waals surface area contributed by atoms with Crippen molar-refractivity contribution in [3.8, 4) is 28.4 Å². The average molecular weight is 931 g/mol. The van der Waals surface area contributed by atoms with Crippen molar-refractivity contribution in [1.82, 2.24) is 18.7 Å². The van der Waals surface area contributed by atoms with Gasteiger partial charge in [-0.15, -0.1) is 0 Å². The number of aromatic nitrogens is 4. The standard InChI is InChI=1S/C64H56N6O/c1-63(2,3)41-29-32-52-49(35-41)46-31-30-45(38-55(46)70(52)56-36-42(33-34-65-56)64(4,5)6)71-44-22-18-21-43(37-44)68-39-69(54-28-17-16-27-53(54)68)62-60-58(47-23-12-14-25-50(47)66(60)7)57(40-19-10-9-11-20-40)59-48-24-13-15-26-51(48)67(8)61(59)62/h9-38H,39H2,1-8H3/i7D3,8D3. The number of anilines is 4. The molecule has 1 aliphatic heterocycles. The lowest BCUT2D eigenvalue weighted by Gasteiger charge is -2.26. The highest BCUT2D eigenvalue weighted by Gasteiger charge is 2.35. The summed E-state index contributed by atoms with van der Waals surface area (Å²) in [6.07, 6.45) is 1.89. The molecular weight excluding hydrogens is 869 g/mol. The van der Waals surface area contributed by atoms with E-state index in [0.717, 1.165) is 77.4 Å². The van der Waals surface area contributed by atoms with Crippen molar-refractivity contribution in [3.05, 3.63) is 193 Å². The predicted molar refractivity (Wildman–Crippen MR) is 298 cm³/mol. The molecule has 7 nitrogen and oxygen atoms in total. The van der Waals surface area contributed by atoms with Crippen molar-refractivity contribution in [2.24, 2.45) is 14.0 Å². The van der Waals surface area contributed by atoms with Crippen LogP contribution in [0, 0.1) is 0 Å². The number of aryl methyl sites for hydroxylation is 2. The second-order valence-corrected chi connectivity index (χ2v) is 21.0. The third kappa shape index (κ3) is 6.59. The van der Waals surface area contributed by atoms with Crippen LogP contribution in [0.25, 0.3) is 82.4 Å². The summed E-state index contributed by atoms with van der Waals surface area (Å²) in [6, 6.07) is 58.4. The fourth-order valence-electron chi connectivity index (χ4n) is 11.1. The van der Waals surface area contributed by atoms with E-state index >= 15 is 0 Å². The van der Waals surface area contributed by atoms with Gasteiger partial charge in [0.2, 0.25) is 0 Å². The van der Waals surface area contributed by atoms with E-state index in [1.807, 2.05) is 134 Å². The Morgan fingerprint density at radius 2 is 1.11 bits per heavy atom. The van der Waals surface area contributed by atoms with Crippen LogP contribution in [0.15, 0.2) is 182 Å². The SMILES string of the molecule is [2H]C([2H])([2H])n1c2ccccc2c2c(-c3ccccc3)c3c4ccccc4n(C([2H])([2H])[2H])c3c(N3CN(c4cccc(Oc5ccc6c7cc(C(C)(C)C)ccc7n(-c7cc(C(C)(C)C)ccn7)c6c5)c4)c4ccccc43)c21. The van der Waals surface area contributed by atoms with Gasteiger partial charge >= 0.3 is 0 Å². The summed E-state index contributed by atoms with van der Waals surface area (Å²) >= 11 is 0. The van der Waals surface area contributed by atoms with E-state index in [0.29, 0.717) is 39.3 Å². The molecule has 0 atom stereocenters. The van der Waals surface area contributed by atoms with Crippen LogP contribution in [0.4, 0.5) is 22.7 Å². The number of para-hydroxylation sites is 4. The first-order valence-corrected chi connectivity index (χ1v) is 24.3. The predicted octanol–water partition coefficient (Wildman–Crippen LogP) is 16.8. The van der Waals surface area contributed by atoms with Crippen molar-refractivity contribution >= 4 is 88.2 Å². The molecular formula is C64H56N6O. The number of ether oxygens (including phenoxy) is 1. The van der Waals surface area contributed by atoms with Gasteiger partial charge in [-0.1, -0.05) is 133 Å². The smallest absolute Gasteiger partial charge is 0.137 e. The maximum absolute atomic E-state index is 9.24. The maximum Gasteiger partial charge on any atom is 0.137 e. The molecule has 0 amide bonds. The molecule has 12 aromatic rings. The van der Waals surface area contributed by atoms with Crippen LogP contribution in [0.1, 0.15) is 60.9 Å². The molecule has 1 aliphatic rings. The second kappa shape index (κ2) is 15.6. The van der Waals surface area contributed by atoms with E-state index in [1.54, 1.807) is 0 Å². The Morgan fingerprint density at radius 3 is 1.79 bits per heavy atom. The van der Waals surface area contributed by atoms with Crippen molar-refractivity contribution in [2.75, 3.05) is 16.5 Å². The zero-order valence-corrected chi connectivity index (χ0v) is 40.6. The Balaban J connectivity index is 0.995. The molecule has 13 rings (SSSR count). The van der Waals surface area contributed by atoms with E-state index in [9.17, 15) is 8.22 Å². The van der Waals surface area contributed by atoms with Gasteiger partial charge in [0.15, 0.2) is 0 Å². The zero-order chi connectivity index (χ0) is 53.5. The van der Waals surface area contributed by atoms with Gasteiger partial charge in [0.1, 0.15) is 24.0 Å². The molecule has 8 aromatic carbocycles. The third-order valence-electron chi connectivity index (χ3n) is 14.6. The molecule has 0 fully saturated rings. The lowest BCUT2D eigenvalue weighted by atomic mass is 9.86. The second-order valence-electron chi connectivity index (χ2n) is 21.0. The molecule has 5 heterocycles. The number of rotatable bonds is 6. The summed E-state index contributed by atoms with van der Waals surface area (Å²) < 4.78 is 67.5. The van der Waals surface area contributed by atoms with Crippen LogP contribution in [-0.4, -0.2) is 25.4 Å². The van der Waals surface area contributed by atoms with Gasteiger partial charge in [0.25, 0.3) is 0 Å². The van der Waals surface area contributed by atoms with Gasteiger partial charge in [0, 0.05) is 95.1 Å². The minimum absolute atomic E-state index is 0.0467. The van der Waals surface area contributed by atoms with Crippen LogP contribution >= 0.6 is 0 Å². The Bertz CT molecular complexity index is 4250. The molecule has 0 bridgehead atoms. The van der Waals surface area contributed by atoms with Crippen LogP contribution in [0.3, 0.4) is 0 Å². The van der Waals surface area contributed by atoms with Crippen LogP contribution in [-0.2, 0) is 24.8 Å². The molecule has 0 aliphatic carbocycles. The average Bonchev–Trinajstić information content (AvgIpc) is 4.16. The van der Waals surface area contributed by atoms with Gasteiger partial charge < -0.3 is 23.7 Å². The van der Waals surface area contributed by atoms with Gasteiger partial charge in [-0.2, -0.15) is 0 Å². The van der Waals surface area contributed by atoms with Crippen molar-refractivity contribution in [2.45, 2.75) is 52.4 Å². The Labute approximate surface area is 422 Å². The molecule has 348 valence electrons. The van der Waals surface area contributed by atoms with E-state index in [2.05, 4.69) is 104 Å². The monoisotopic (exact) mass is 930 g/mol. The van der Waals surface area contributed by atoms with Gasteiger partial charge in [-0.05, 0) is 100 Å². The Kier molecular flexibility index (Phi) is 8.06. The largest absolute Gasteiger partial charge is 0.457 e. The molecule has 0 saturated carbocycles. The number of hydrogen-bond acceptors (Lipinski definition) is 4. The van der Waals surface area contributed by atoms with E-state index in [-0.39, 0.29) is 17.5 Å². The number of hydrogen-bond donors (Lipinski definition) is 0. The highest BCUT2D eigenvalue weighted by molar-refractivity contribution is 6.33. The molecule has 0 spiro atoms. The summed E-state index contributed by atoms with van der Waals surface area (Å²) in [5.41, 5.74) is 10.8. The first-order valence-electron chi connectivity index (χ1n) is 27.3. The molecule has 0 unspecified atom stereocenters.